The molecule has 1 aromatic heterocycles. The van der Waals surface area contributed by atoms with Crippen molar-refractivity contribution in [1.82, 2.24) is 20.4 Å². The van der Waals surface area contributed by atoms with E-state index in [2.05, 4.69) is 72.7 Å². The number of hydrogen-bond acceptors (Lipinski definition) is 2. The fourth-order valence-electron chi connectivity index (χ4n) is 2.81. The predicted molar refractivity (Wildman–Crippen MR) is 100 cm³/mol. The number of guanidine groups is 1. The lowest BCUT2D eigenvalue weighted by Gasteiger charge is -2.11. The number of nitrogens with one attached hydrogen (secondary N) is 2. The first-order valence-corrected chi connectivity index (χ1v) is 8.58. The number of rotatable bonds is 6. The van der Waals surface area contributed by atoms with Crippen LogP contribution in [-0.4, -0.2) is 28.8 Å². The Bertz CT molecular complexity index is 700. The van der Waals surface area contributed by atoms with E-state index >= 15 is 0 Å². The van der Waals surface area contributed by atoms with Crippen LogP contribution in [0.15, 0.2) is 29.3 Å². The molecule has 0 unspecified atom stereocenters. The Morgan fingerprint density at radius 2 is 2.00 bits per heavy atom. The van der Waals surface area contributed by atoms with Crippen molar-refractivity contribution in [2.45, 2.75) is 40.7 Å². The SMILES string of the molecule is CCNC(=NCc1cccc(C)c1)NCCc1c(C)nn(C)c1C. The van der Waals surface area contributed by atoms with Gasteiger partial charge in [0.05, 0.1) is 12.2 Å². The van der Waals surface area contributed by atoms with Gasteiger partial charge in [-0.3, -0.25) is 4.68 Å². The molecule has 0 aliphatic rings. The molecule has 1 heterocycles. The normalized spacial score (nSPS) is 11.6. The number of nitrogens with zero attached hydrogens (tertiary/aromatic N) is 3. The second-order valence-electron chi connectivity index (χ2n) is 6.13. The van der Waals surface area contributed by atoms with Gasteiger partial charge in [0.1, 0.15) is 0 Å². The van der Waals surface area contributed by atoms with Crippen LogP contribution in [0, 0.1) is 20.8 Å². The molecule has 0 saturated heterocycles. The maximum Gasteiger partial charge on any atom is 0.191 e. The van der Waals surface area contributed by atoms with Gasteiger partial charge in [-0.2, -0.15) is 5.10 Å². The molecule has 5 nitrogen and oxygen atoms in total. The first-order valence-electron chi connectivity index (χ1n) is 8.58. The van der Waals surface area contributed by atoms with E-state index < -0.39 is 0 Å². The van der Waals surface area contributed by atoms with Crippen molar-refractivity contribution in [3.05, 3.63) is 52.3 Å². The minimum atomic E-state index is 0.683. The van der Waals surface area contributed by atoms with E-state index in [4.69, 9.17) is 0 Å². The topological polar surface area (TPSA) is 54.2 Å². The van der Waals surface area contributed by atoms with E-state index in [-0.39, 0.29) is 0 Å². The van der Waals surface area contributed by atoms with Crippen molar-refractivity contribution in [2.24, 2.45) is 12.0 Å². The summed E-state index contributed by atoms with van der Waals surface area (Å²) in [6.07, 6.45) is 0.945. The third-order valence-electron chi connectivity index (χ3n) is 4.17. The van der Waals surface area contributed by atoms with Crippen LogP contribution in [0.5, 0.6) is 0 Å². The summed E-state index contributed by atoms with van der Waals surface area (Å²) in [6.45, 7) is 10.7. The molecular weight excluding hydrogens is 298 g/mol. The van der Waals surface area contributed by atoms with Gasteiger partial charge in [0.25, 0.3) is 0 Å². The highest BCUT2D eigenvalue weighted by Gasteiger charge is 2.09. The fraction of sp³-hybridized carbons (Fsp3) is 0.474. The Hall–Kier alpha value is -2.30. The highest BCUT2D eigenvalue weighted by Crippen LogP contribution is 2.11. The van der Waals surface area contributed by atoms with Crippen molar-refractivity contribution < 1.29 is 0 Å². The maximum absolute atomic E-state index is 4.68. The summed E-state index contributed by atoms with van der Waals surface area (Å²) in [4.78, 5) is 4.68. The summed E-state index contributed by atoms with van der Waals surface area (Å²) < 4.78 is 1.95. The largest absolute Gasteiger partial charge is 0.357 e. The molecule has 5 heteroatoms. The Morgan fingerprint density at radius 1 is 1.21 bits per heavy atom. The van der Waals surface area contributed by atoms with Crippen LogP contribution < -0.4 is 10.6 Å². The molecule has 0 fully saturated rings. The quantitative estimate of drug-likeness (QED) is 0.633. The van der Waals surface area contributed by atoms with Gasteiger partial charge in [0, 0.05) is 25.8 Å². The zero-order valence-electron chi connectivity index (χ0n) is 15.5. The number of benzene rings is 1. The molecular formula is C19H29N5. The average Bonchev–Trinajstić information content (AvgIpc) is 2.78. The van der Waals surface area contributed by atoms with Crippen LogP contribution in [0.2, 0.25) is 0 Å². The van der Waals surface area contributed by atoms with Crippen LogP contribution in [0.3, 0.4) is 0 Å². The first-order chi connectivity index (χ1) is 11.5. The van der Waals surface area contributed by atoms with Crippen LogP contribution in [-0.2, 0) is 20.0 Å². The molecule has 2 N–H and O–H groups in total. The molecule has 130 valence electrons. The molecule has 0 aliphatic heterocycles. The third kappa shape index (κ3) is 4.85. The zero-order chi connectivity index (χ0) is 17.5. The minimum Gasteiger partial charge on any atom is -0.357 e. The van der Waals surface area contributed by atoms with E-state index in [0.717, 1.165) is 31.2 Å². The summed E-state index contributed by atoms with van der Waals surface area (Å²) >= 11 is 0. The van der Waals surface area contributed by atoms with Gasteiger partial charge in [-0.1, -0.05) is 29.8 Å². The van der Waals surface area contributed by atoms with Gasteiger partial charge < -0.3 is 10.6 Å². The number of hydrogen-bond donors (Lipinski definition) is 2. The molecule has 0 bridgehead atoms. The van der Waals surface area contributed by atoms with Gasteiger partial charge in [-0.25, -0.2) is 4.99 Å². The van der Waals surface area contributed by atoms with E-state index in [1.165, 1.54) is 22.4 Å². The molecule has 0 aliphatic carbocycles. The van der Waals surface area contributed by atoms with Crippen molar-refractivity contribution in [3.8, 4) is 0 Å². The summed E-state index contributed by atoms with van der Waals surface area (Å²) in [5.74, 6) is 0.859. The van der Waals surface area contributed by atoms with E-state index in [1.54, 1.807) is 0 Å². The Kier molecular flexibility index (Phi) is 6.41. The summed E-state index contributed by atoms with van der Waals surface area (Å²) in [5.41, 5.74) is 6.16. The Balaban J connectivity index is 1.94. The Morgan fingerprint density at radius 3 is 2.62 bits per heavy atom. The molecule has 0 radical (unpaired) electrons. The highest BCUT2D eigenvalue weighted by atomic mass is 15.3. The van der Waals surface area contributed by atoms with Crippen LogP contribution in [0.25, 0.3) is 0 Å². The molecule has 0 saturated carbocycles. The summed E-state index contributed by atoms with van der Waals surface area (Å²) in [5, 5.41) is 11.2. The second kappa shape index (κ2) is 8.52. The molecule has 2 aromatic rings. The monoisotopic (exact) mass is 327 g/mol. The molecule has 2 rings (SSSR count). The molecule has 0 atom stereocenters. The minimum absolute atomic E-state index is 0.683. The van der Waals surface area contributed by atoms with Gasteiger partial charge >= 0.3 is 0 Å². The zero-order valence-corrected chi connectivity index (χ0v) is 15.5. The first kappa shape index (κ1) is 18.0. The van der Waals surface area contributed by atoms with E-state index in [1.807, 2.05) is 11.7 Å². The highest BCUT2D eigenvalue weighted by molar-refractivity contribution is 5.79. The summed E-state index contributed by atoms with van der Waals surface area (Å²) in [7, 11) is 1.99. The third-order valence-corrected chi connectivity index (χ3v) is 4.17. The number of aryl methyl sites for hydroxylation is 3. The molecule has 0 amide bonds. The fourth-order valence-corrected chi connectivity index (χ4v) is 2.81. The molecule has 0 spiro atoms. The second-order valence-corrected chi connectivity index (χ2v) is 6.13. The lowest BCUT2D eigenvalue weighted by molar-refractivity contribution is 0.729. The van der Waals surface area contributed by atoms with Crippen LogP contribution in [0.1, 0.15) is 35.0 Å². The lowest BCUT2D eigenvalue weighted by atomic mass is 10.1. The van der Waals surface area contributed by atoms with Gasteiger partial charge in [-0.15, -0.1) is 0 Å². The standard InChI is InChI=1S/C19H29N5/c1-6-20-19(22-13-17-9-7-8-14(2)12-17)21-11-10-18-15(3)23-24(5)16(18)4/h7-9,12H,6,10-11,13H2,1-5H3,(H2,20,21,22). The Labute approximate surface area is 145 Å². The van der Waals surface area contributed by atoms with Gasteiger partial charge in [0.2, 0.25) is 0 Å². The molecule has 24 heavy (non-hydrogen) atoms. The smallest absolute Gasteiger partial charge is 0.191 e. The number of aliphatic imine (C=N–C) groups is 1. The number of aromatic nitrogens is 2. The van der Waals surface area contributed by atoms with Crippen molar-refractivity contribution >= 4 is 5.96 Å². The van der Waals surface area contributed by atoms with Crippen molar-refractivity contribution in [2.75, 3.05) is 13.1 Å². The van der Waals surface area contributed by atoms with Crippen LogP contribution in [0.4, 0.5) is 0 Å². The summed E-state index contributed by atoms with van der Waals surface area (Å²) in [6, 6.07) is 8.47. The molecule has 1 aromatic carbocycles. The van der Waals surface area contributed by atoms with Crippen LogP contribution >= 0.6 is 0 Å². The van der Waals surface area contributed by atoms with Crippen molar-refractivity contribution in [1.29, 1.82) is 0 Å². The van der Waals surface area contributed by atoms with Crippen molar-refractivity contribution in [3.63, 3.8) is 0 Å². The van der Waals surface area contributed by atoms with Gasteiger partial charge in [0.15, 0.2) is 5.96 Å². The van der Waals surface area contributed by atoms with Gasteiger partial charge in [-0.05, 0) is 45.2 Å². The van der Waals surface area contributed by atoms with E-state index in [9.17, 15) is 0 Å². The predicted octanol–water partition coefficient (Wildman–Crippen LogP) is 2.64. The maximum atomic E-state index is 4.68. The lowest BCUT2D eigenvalue weighted by Crippen LogP contribution is -2.38. The average molecular weight is 327 g/mol. The van der Waals surface area contributed by atoms with E-state index in [0.29, 0.717) is 6.54 Å².